The number of piperidine rings is 1. The Labute approximate surface area is 101 Å². The van der Waals surface area contributed by atoms with Crippen molar-refractivity contribution in [2.45, 2.75) is 25.9 Å². The summed E-state index contributed by atoms with van der Waals surface area (Å²) in [5.41, 5.74) is 5.34. The summed E-state index contributed by atoms with van der Waals surface area (Å²) in [6, 6.07) is -0.0576. The van der Waals surface area contributed by atoms with Gasteiger partial charge in [-0.05, 0) is 26.4 Å². The molecule has 1 rings (SSSR count). The van der Waals surface area contributed by atoms with Crippen molar-refractivity contribution in [1.82, 2.24) is 4.90 Å². The van der Waals surface area contributed by atoms with Crippen molar-refractivity contribution >= 4 is 12.0 Å². The fraction of sp³-hybridized carbons (Fsp3) is 0.636. The minimum atomic E-state index is -0.617. The molecule has 2 N–H and O–H groups in total. The molecular formula is C11H19FN4O. The van der Waals surface area contributed by atoms with Crippen LogP contribution in [0.3, 0.4) is 0 Å². The van der Waals surface area contributed by atoms with Crippen molar-refractivity contribution in [3.05, 3.63) is 12.4 Å². The van der Waals surface area contributed by atoms with Crippen LogP contribution < -0.4 is 5.73 Å². The number of likely N-dealkylation sites (tertiary alicyclic amines) is 1. The highest BCUT2D eigenvalue weighted by molar-refractivity contribution is 5.89. The summed E-state index contributed by atoms with van der Waals surface area (Å²) in [6.45, 7) is 6.46. The van der Waals surface area contributed by atoms with E-state index >= 15 is 0 Å². The molecule has 1 unspecified atom stereocenters. The second-order valence-corrected chi connectivity index (χ2v) is 4.14. The van der Waals surface area contributed by atoms with E-state index in [1.807, 2.05) is 7.05 Å². The van der Waals surface area contributed by atoms with Gasteiger partial charge in [0.05, 0.1) is 0 Å². The second kappa shape index (κ2) is 6.34. The van der Waals surface area contributed by atoms with Crippen LogP contribution >= 0.6 is 0 Å². The predicted octanol–water partition coefficient (Wildman–Crippen LogP) is 1.27. The molecule has 1 heterocycles. The third-order valence-electron chi connectivity index (χ3n) is 2.34. The van der Waals surface area contributed by atoms with Crippen LogP contribution in [0.1, 0.15) is 19.8 Å². The molecule has 1 atom stereocenters. The maximum absolute atomic E-state index is 12.7. The number of ether oxygens (including phenoxy) is 1. The third kappa shape index (κ3) is 5.44. The molecule has 0 amide bonds. The van der Waals surface area contributed by atoms with Crippen LogP contribution in [0.2, 0.25) is 0 Å². The van der Waals surface area contributed by atoms with Crippen molar-refractivity contribution in [2.24, 2.45) is 15.7 Å². The summed E-state index contributed by atoms with van der Waals surface area (Å²) in [4.78, 5) is 9.47. The minimum Gasteiger partial charge on any atom is -0.459 e. The van der Waals surface area contributed by atoms with Crippen LogP contribution in [-0.2, 0) is 4.74 Å². The van der Waals surface area contributed by atoms with E-state index in [1.165, 1.54) is 6.92 Å². The summed E-state index contributed by atoms with van der Waals surface area (Å²) in [6.07, 6.45) is 1.91. The standard InChI is InChI=1S/C11H19FN4O/c1-8(12)14-11(15-9(2)13)17-10-5-4-6-16(3)7-10/h10H,2,4-7,13H2,1,3H3. The molecule has 0 saturated carbocycles. The molecule has 0 radical (unpaired) electrons. The van der Waals surface area contributed by atoms with E-state index in [-0.39, 0.29) is 17.9 Å². The highest BCUT2D eigenvalue weighted by atomic mass is 19.1. The maximum Gasteiger partial charge on any atom is 0.321 e. The molecule has 0 spiro atoms. The van der Waals surface area contributed by atoms with Crippen molar-refractivity contribution in [2.75, 3.05) is 20.1 Å². The number of amidine groups is 1. The van der Waals surface area contributed by atoms with Gasteiger partial charge in [0.2, 0.25) is 0 Å². The monoisotopic (exact) mass is 242 g/mol. The molecule has 0 aromatic carbocycles. The van der Waals surface area contributed by atoms with Crippen LogP contribution in [0.5, 0.6) is 0 Å². The molecule has 5 nitrogen and oxygen atoms in total. The Morgan fingerprint density at radius 1 is 1.53 bits per heavy atom. The first-order valence-corrected chi connectivity index (χ1v) is 5.56. The van der Waals surface area contributed by atoms with Gasteiger partial charge in [-0.15, -0.1) is 0 Å². The SMILES string of the molecule is C=C(N)N=C(N=C(C)F)OC1CCCN(C)C1. The molecule has 96 valence electrons. The Kier molecular flexibility index (Phi) is 5.09. The number of hydrogen-bond donors (Lipinski definition) is 1. The lowest BCUT2D eigenvalue weighted by atomic mass is 10.1. The van der Waals surface area contributed by atoms with Gasteiger partial charge < -0.3 is 15.4 Å². The zero-order chi connectivity index (χ0) is 12.8. The lowest BCUT2D eigenvalue weighted by Gasteiger charge is -2.29. The van der Waals surface area contributed by atoms with E-state index in [1.54, 1.807) is 0 Å². The second-order valence-electron chi connectivity index (χ2n) is 4.14. The van der Waals surface area contributed by atoms with Crippen molar-refractivity contribution in [3.63, 3.8) is 0 Å². The van der Waals surface area contributed by atoms with E-state index < -0.39 is 5.97 Å². The van der Waals surface area contributed by atoms with Gasteiger partial charge in [-0.1, -0.05) is 6.58 Å². The number of nitrogens with two attached hydrogens (primary N) is 1. The molecular weight excluding hydrogens is 223 g/mol. The zero-order valence-corrected chi connectivity index (χ0v) is 10.3. The topological polar surface area (TPSA) is 63.2 Å². The molecule has 1 aliphatic heterocycles. The number of halogens is 1. The molecule has 1 aliphatic rings. The van der Waals surface area contributed by atoms with Crippen molar-refractivity contribution in [1.29, 1.82) is 0 Å². The molecule has 17 heavy (non-hydrogen) atoms. The van der Waals surface area contributed by atoms with Crippen molar-refractivity contribution < 1.29 is 9.13 Å². The Morgan fingerprint density at radius 3 is 2.76 bits per heavy atom. The van der Waals surface area contributed by atoms with E-state index in [0.717, 1.165) is 25.9 Å². The smallest absolute Gasteiger partial charge is 0.321 e. The predicted molar refractivity (Wildman–Crippen MR) is 66.6 cm³/mol. The van der Waals surface area contributed by atoms with Gasteiger partial charge in [-0.25, -0.2) is 0 Å². The van der Waals surface area contributed by atoms with Crippen LogP contribution in [0.4, 0.5) is 4.39 Å². The molecule has 6 heteroatoms. The normalized spacial score (nSPS) is 23.6. The first-order valence-electron chi connectivity index (χ1n) is 5.56. The van der Waals surface area contributed by atoms with Crippen LogP contribution in [0.15, 0.2) is 22.4 Å². The van der Waals surface area contributed by atoms with Crippen LogP contribution in [0.25, 0.3) is 0 Å². The van der Waals surface area contributed by atoms with Gasteiger partial charge in [0.25, 0.3) is 0 Å². The summed E-state index contributed by atoms with van der Waals surface area (Å²) < 4.78 is 18.3. The van der Waals surface area contributed by atoms with Crippen LogP contribution in [-0.4, -0.2) is 43.1 Å². The molecule has 0 aromatic rings. The van der Waals surface area contributed by atoms with Gasteiger partial charge in [-0.2, -0.15) is 14.4 Å². The average molecular weight is 242 g/mol. The van der Waals surface area contributed by atoms with E-state index in [9.17, 15) is 4.39 Å². The van der Waals surface area contributed by atoms with Gasteiger partial charge >= 0.3 is 6.02 Å². The Bertz CT molecular complexity index is 336. The van der Waals surface area contributed by atoms with E-state index in [4.69, 9.17) is 10.5 Å². The quantitative estimate of drug-likeness (QED) is 0.586. The first-order chi connectivity index (χ1) is 7.97. The zero-order valence-electron chi connectivity index (χ0n) is 10.3. The van der Waals surface area contributed by atoms with Crippen LogP contribution in [0, 0.1) is 0 Å². The Balaban J connectivity index is 2.66. The highest BCUT2D eigenvalue weighted by Crippen LogP contribution is 2.12. The Morgan fingerprint density at radius 2 is 2.24 bits per heavy atom. The highest BCUT2D eigenvalue weighted by Gasteiger charge is 2.20. The summed E-state index contributed by atoms with van der Waals surface area (Å²) in [5, 5.41) is 0. The fourth-order valence-electron chi connectivity index (χ4n) is 1.70. The van der Waals surface area contributed by atoms with E-state index in [2.05, 4.69) is 21.5 Å². The first kappa shape index (κ1) is 13.6. The molecule has 0 bridgehead atoms. The molecule has 0 aromatic heterocycles. The largest absolute Gasteiger partial charge is 0.459 e. The van der Waals surface area contributed by atoms with Gasteiger partial charge in [-0.3, -0.25) is 0 Å². The summed E-state index contributed by atoms with van der Waals surface area (Å²) >= 11 is 0. The minimum absolute atomic E-state index is 0.0325. The van der Waals surface area contributed by atoms with E-state index in [0.29, 0.717) is 0 Å². The number of aliphatic imine (C=N–C) groups is 2. The lowest BCUT2D eigenvalue weighted by Crippen LogP contribution is -2.38. The lowest BCUT2D eigenvalue weighted by molar-refractivity contribution is 0.0932. The van der Waals surface area contributed by atoms with Gasteiger partial charge in [0.1, 0.15) is 11.9 Å². The molecule has 1 saturated heterocycles. The fourth-order valence-corrected chi connectivity index (χ4v) is 1.70. The van der Waals surface area contributed by atoms with Gasteiger partial charge in [0, 0.05) is 13.5 Å². The third-order valence-corrected chi connectivity index (χ3v) is 2.34. The Hall–Kier alpha value is -1.43. The summed E-state index contributed by atoms with van der Waals surface area (Å²) in [5.74, 6) is -0.566. The molecule has 1 fully saturated rings. The maximum atomic E-state index is 12.7. The molecule has 0 aliphatic carbocycles. The summed E-state index contributed by atoms with van der Waals surface area (Å²) in [7, 11) is 2.01. The number of rotatable bonds is 2. The number of nitrogens with zero attached hydrogens (tertiary/aromatic N) is 3. The van der Waals surface area contributed by atoms with Crippen molar-refractivity contribution in [3.8, 4) is 0 Å². The van der Waals surface area contributed by atoms with Gasteiger partial charge in [0.15, 0.2) is 5.97 Å². The number of likely N-dealkylation sites (N-methyl/N-ethyl adjacent to an activating group) is 1. The number of hydrogen-bond acceptors (Lipinski definition) is 4. The average Bonchev–Trinajstić information content (AvgIpc) is 2.14.